The molecule has 88 valence electrons. The molecule has 1 heterocycles. The van der Waals surface area contributed by atoms with Crippen LogP contribution in [0.15, 0.2) is 18.5 Å². The van der Waals surface area contributed by atoms with E-state index in [9.17, 15) is 0 Å². The molecular weight excluding hydrogens is 222 g/mol. The number of methoxy groups -OCH3 is 1. The van der Waals surface area contributed by atoms with Gasteiger partial charge in [-0.2, -0.15) is 0 Å². The second kappa shape index (κ2) is 7.14. The van der Waals surface area contributed by atoms with Gasteiger partial charge in [-0.25, -0.2) is 0 Å². The minimum absolute atomic E-state index is 0.647. The highest BCUT2D eigenvalue weighted by Gasteiger charge is 1.98. The average molecular weight is 239 g/mol. The molecule has 1 rings (SSSR count). The molecule has 5 heteroatoms. The Kier molecular flexibility index (Phi) is 5.74. The number of aromatic nitrogens is 1. The van der Waals surface area contributed by atoms with Crippen LogP contribution in [0.2, 0.25) is 0 Å². The SMILES string of the molecule is COCCNC(=S)NCc1ccncc1C. The predicted octanol–water partition coefficient (Wildman–Crippen LogP) is 1.00. The molecule has 0 bridgehead atoms. The van der Waals surface area contributed by atoms with Crippen molar-refractivity contribution in [1.82, 2.24) is 15.6 Å². The number of pyridine rings is 1. The Balaban J connectivity index is 2.29. The zero-order valence-electron chi connectivity index (χ0n) is 9.62. The predicted molar refractivity (Wildman–Crippen MR) is 68.3 cm³/mol. The first kappa shape index (κ1) is 12.9. The lowest BCUT2D eigenvalue weighted by Gasteiger charge is -2.11. The number of thiocarbonyl (C=S) groups is 1. The van der Waals surface area contributed by atoms with Crippen molar-refractivity contribution in [3.8, 4) is 0 Å². The summed E-state index contributed by atoms with van der Waals surface area (Å²) in [4.78, 5) is 4.04. The van der Waals surface area contributed by atoms with E-state index in [1.165, 1.54) is 5.56 Å². The third-order valence-electron chi connectivity index (χ3n) is 2.17. The number of hydrogen-bond acceptors (Lipinski definition) is 3. The van der Waals surface area contributed by atoms with Gasteiger partial charge in [0, 0.05) is 32.6 Å². The van der Waals surface area contributed by atoms with Crippen LogP contribution < -0.4 is 10.6 Å². The van der Waals surface area contributed by atoms with Gasteiger partial charge >= 0.3 is 0 Å². The van der Waals surface area contributed by atoms with Crippen LogP contribution in [0, 0.1) is 6.92 Å². The molecule has 0 fully saturated rings. The highest BCUT2D eigenvalue weighted by atomic mass is 32.1. The number of rotatable bonds is 5. The van der Waals surface area contributed by atoms with Crippen molar-refractivity contribution < 1.29 is 4.74 Å². The average Bonchev–Trinajstić information content (AvgIpc) is 2.28. The molecule has 0 aliphatic carbocycles. The van der Waals surface area contributed by atoms with E-state index in [1.54, 1.807) is 13.3 Å². The number of ether oxygens (including phenoxy) is 1. The molecule has 1 aromatic heterocycles. The van der Waals surface area contributed by atoms with Crippen LogP contribution in [0.1, 0.15) is 11.1 Å². The maximum atomic E-state index is 5.12. The Morgan fingerprint density at radius 3 is 3.00 bits per heavy atom. The molecule has 0 radical (unpaired) electrons. The lowest BCUT2D eigenvalue weighted by atomic mass is 10.1. The van der Waals surface area contributed by atoms with Gasteiger partial charge in [0.05, 0.1) is 6.61 Å². The standard InChI is InChI=1S/C11H17N3OS/c1-9-7-12-4-3-10(9)8-14-11(16)13-5-6-15-2/h3-4,7H,5-6,8H2,1-2H3,(H2,13,14,16). The first-order chi connectivity index (χ1) is 7.74. The zero-order valence-corrected chi connectivity index (χ0v) is 10.4. The summed E-state index contributed by atoms with van der Waals surface area (Å²) in [7, 11) is 1.67. The molecule has 16 heavy (non-hydrogen) atoms. The van der Waals surface area contributed by atoms with Crippen molar-refractivity contribution in [2.24, 2.45) is 0 Å². The molecule has 0 spiro atoms. The van der Waals surface area contributed by atoms with Crippen LogP contribution in [0.3, 0.4) is 0 Å². The largest absolute Gasteiger partial charge is 0.383 e. The first-order valence-electron chi connectivity index (χ1n) is 5.14. The van der Waals surface area contributed by atoms with Crippen molar-refractivity contribution in [2.45, 2.75) is 13.5 Å². The minimum Gasteiger partial charge on any atom is -0.383 e. The smallest absolute Gasteiger partial charge is 0.166 e. The lowest BCUT2D eigenvalue weighted by molar-refractivity contribution is 0.204. The number of nitrogens with one attached hydrogen (secondary N) is 2. The summed E-state index contributed by atoms with van der Waals surface area (Å²) < 4.78 is 4.92. The summed E-state index contributed by atoms with van der Waals surface area (Å²) >= 11 is 5.12. The van der Waals surface area contributed by atoms with Gasteiger partial charge in [-0.15, -0.1) is 0 Å². The van der Waals surface area contributed by atoms with Crippen LogP contribution in [0.25, 0.3) is 0 Å². The summed E-state index contributed by atoms with van der Waals surface area (Å²) in [6.45, 7) is 4.12. The van der Waals surface area contributed by atoms with Crippen molar-refractivity contribution in [1.29, 1.82) is 0 Å². The van der Waals surface area contributed by atoms with Gasteiger partial charge in [0.15, 0.2) is 5.11 Å². The second-order valence-corrected chi connectivity index (χ2v) is 3.81. The normalized spacial score (nSPS) is 9.88. The second-order valence-electron chi connectivity index (χ2n) is 3.40. The quantitative estimate of drug-likeness (QED) is 0.593. The highest BCUT2D eigenvalue weighted by molar-refractivity contribution is 7.80. The Labute approximate surface area is 101 Å². The van der Waals surface area contributed by atoms with Gasteiger partial charge in [-0.1, -0.05) is 0 Å². The minimum atomic E-state index is 0.647. The molecule has 2 N–H and O–H groups in total. The van der Waals surface area contributed by atoms with Crippen molar-refractivity contribution >= 4 is 17.3 Å². The van der Waals surface area contributed by atoms with E-state index in [2.05, 4.69) is 15.6 Å². The fourth-order valence-corrected chi connectivity index (χ4v) is 1.38. The monoisotopic (exact) mass is 239 g/mol. The van der Waals surface area contributed by atoms with Crippen LogP contribution in [0.5, 0.6) is 0 Å². The molecule has 0 unspecified atom stereocenters. The molecule has 0 aromatic carbocycles. The number of hydrogen-bond donors (Lipinski definition) is 2. The van der Waals surface area contributed by atoms with Crippen LogP contribution >= 0.6 is 12.2 Å². The van der Waals surface area contributed by atoms with E-state index >= 15 is 0 Å². The van der Waals surface area contributed by atoms with Crippen LogP contribution in [-0.2, 0) is 11.3 Å². The van der Waals surface area contributed by atoms with Gasteiger partial charge < -0.3 is 15.4 Å². The maximum absolute atomic E-state index is 5.12. The lowest BCUT2D eigenvalue weighted by Crippen LogP contribution is -2.36. The van der Waals surface area contributed by atoms with Crippen molar-refractivity contribution in [3.63, 3.8) is 0 Å². The van der Waals surface area contributed by atoms with Gasteiger partial charge in [-0.05, 0) is 36.3 Å². The highest BCUT2D eigenvalue weighted by Crippen LogP contribution is 2.03. The Bertz CT molecular complexity index is 344. The summed E-state index contributed by atoms with van der Waals surface area (Å²) in [6.07, 6.45) is 3.63. The van der Waals surface area contributed by atoms with Gasteiger partial charge in [-0.3, -0.25) is 4.98 Å². The van der Waals surface area contributed by atoms with E-state index in [-0.39, 0.29) is 0 Å². The number of aryl methyl sites for hydroxylation is 1. The fraction of sp³-hybridized carbons (Fsp3) is 0.455. The molecule has 0 saturated carbocycles. The summed E-state index contributed by atoms with van der Waals surface area (Å²) in [5, 5.41) is 6.84. The Morgan fingerprint density at radius 2 is 2.31 bits per heavy atom. The topological polar surface area (TPSA) is 46.2 Å². The molecule has 0 amide bonds. The molecular formula is C11H17N3OS. The molecule has 0 aliphatic heterocycles. The van der Waals surface area contributed by atoms with E-state index < -0.39 is 0 Å². The molecule has 0 aliphatic rings. The first-order valence-corrected chi connectivity index (χ1v) is 5.55. The third-order valence-corrected chi connectivity index (χ3v) is 2.46. The van der Waals surface area contributed by atoms with Crippen molar-refractivity contribution in [3.05, 3.63) is 29.6 Å². The molecule has 1 aromatic rings. The van der Waals surface area contributed by atoms with E-state index in [0.717, 1.165) is 12.1 Å². The molecule has 0 saturated heterocycles. The Hall–Kier alpha value is -1.20. The molecule has 4 nitrogen and oxygen atoms in total. The third kappa shape index (κ3) is 4.55. The summed E-state index contributed by atoms with van der Waals surface area (Å²) in [5.74, 6) is 0. The van der Waals surface area contributed by atoms with Crippen LogP contribution in [0.4, 0.5) is 0 Å². The van der Waals surface area contributed by atoms with Crippen LogP contribution in [-0.4, -0.2) is 30.4 Å². The molecule has 0 atom stereocenters. The van der Waals surface area contributed by atoms with E-state index in [1.807, 2.05) is 19.2 Å². The van der Waals surface area contributed by atoms with E-state index in [0.29, 0.717) is 18.3 Å². The summed E-state index contributed by atoms with van der Waals surface area (Å²) in [5.41, 5.74) is 2.36. The number of nitrogens with zero attached hydrogens (tertiary/aromatic N) is 1. The van der Waals surface area contributed by atoms with Crippen molar-refractivity contribution in [2.75, 3.05) is 20.3 Å². The van der Waals surface area contributed by atoms with Gasteiger partial charge in [0.1, 0.15) is 0 Å². The maximum Gasteiger partial charge on any atom is 0.166 e. The van der Waals surface area contributed by atoms with E-state index in [4.69, 9.17) is 17.0 Å². The van der Waals surface area contributed by atoms with Gasteiger partial charge in [0.25, 0.3) is 0 Å². The fourth-order valence-electron chi connectivity index (χ4n) is 1.21. The van der Waals surface area contributed by atoms with Gasteiger partial charge in [0.2, 0.25) is 0 Å². The summed E-state index contributed by atoms with van der Waals surface area (Å²) in [6, 6.07) is 1.99. The zero-order chi connectivity index (χ0) is 11.8. The Morgan fingerprint density at radius 1 is 1.50 bits per heavy atom.